The number of rotatable bonds is 28. The summed E-state index contributed by atoms with van der Waals surface area (Å²) in [6.45, 7) is 38.7. The first-order valence-corrected chi connectivity index (χ1v) is 40.2. The highest BCUT2D eigenvalue weighted by atomic mass is 28.5. The Morgan fingerprint density at radius 2 is 0.442 bits per heavy atom. The van der Waals surface area contributed by atoms with E-state index in [2.05, 4.69) is 52.4 Å². The zero-order chi connectivity index (χ0) is 39.8. The van der Waals surface area contributed by atoms with Gasteiger partial charge in [0.2, 0.25) is 0 Å². The zero-order valence-electron chi connectivity index (χ0n) is 36.2. The second kappa shape index (κ2) is 23.0. The van der Waals surface area contributed by atoms with Gasteiger partial charge in [0.05, 0.1) is 0 Å². The minimum Gasteiger partial charge on any atom is -0.416 e. The molecule has 0 aliphatic carbocycles. The van der Waals surface area contributed by atoms with E-state index in [4.69, 9.17) is 51.9 Å². The summed E-state index contributed by atoms with van der Waals surface area (Å²) in [6, 6.07) is 5.97. The molecule has 312 valence electrons. The van der Waals surface area contributed by atoms with E-state index in [1.54, 1.807) is 0 Å². The summed E-state index contributed by atoms with van der Waals surface area (Å²) >= 11 is 0. The van der Waals surface area contributed by atoms with Crippen LogP contribution >= 0.6 is 0 Å². The highest BCUT2D eigenvalue weighted by Crippen LogP contribution is 2.42. The van der Waals surface area contributed by atoms with E-state index in [1.807, 2.05) is 55.4 Å². The molecule has 1 aliphatic rings. The summed E-state index contributed by atoms with van der Waals surface area (Å²) in [7, 11) is -21.8. The first kappa shape index (κ1) is 51.3. The molecule has 52 heavy (non-hydrogen) atoms. The molecule has 0 radical (unpaired) electrons. The van der Waals surface area contributed by atoms with Crippen LogP contribution < -0.4 is 0 Å². The smallest absolute Gasteiger partial charge is 0.334 e. The lowest BCUT2D eigenvalue weighted by Gasteiger charge is -2.51. The van der Waals surface area contributed by atoms with Crippen LogP contribution in [-0.2, 0) is 51.9 Å². The van der Waals surface area contributed by atoms with E-state index in [9.17, 15) is 0 Å². The lowest BCUT2D eigenvalue weighted by Crippen LogP contribution is -2.68. The summed E-state index contributed by atoms with van der Waals surface area (Å²) in [6.07, 6.45) is 0. The average molecular weight is 882 g/mol. The fraction of sp³-hybridized carbons (Fsp3) is 1.00. The molecule has 0 unspecified atom stereocenters. The minimum atomic E-state index is -2.97. The Kier molecular flexibility index (Phi) is 22.7. The molecule has 0 saturated carbocycles. The largest absolute Gasteiger partial charge is 0.416 e. The summed E-state index contributed by atoms with van der Waals surface area (Å²) in [5.41, 5.74) is 0. The third-order valence-electron chi connectivity index (χ3n) is 9.46. The van der Waals surface area contributed by atoms with Gasteiger partial charge in [0.1, 0.15) is 0 Å². The Labute approximate surface area is 327 Å². The lowest BCUT2D eigenvalue weighted by molar-refractivity contribution is 0.182. The van der Waals surface area contributed by atoms with Gasteiger partial charge in [-0.2, -0.15) is 0 Å². The molecule has 1 aliphatic heterocycles. The topological polar surface area (TPSA) is 111 Å². The second-order valence-electron chi connectivity index (χ2n) is 14.9. The molecule has 0 amide bonds. The normalized spacial score (nSPS) is 26.8. The van der Waals surface area contributed by atoms with E-state index in [-0.39, 0.29) is 0 Å². The van der Waals surface area contributed by atoms with Gasteiger partial charge in [-0.15, -0.1) is 0 Å². The van der Waals surface area contributed by atoms with Crippen LogP contribution in [0.1, 0.15) is 55.4 Å². The summed E-state index contributed by atoms with van der Waals surface area (Å²) < 4.78 is 80.7. The molecule has 1 rings (SSSR count). The molecule has 0 aromatic heterocycles. The average Bonchev–Trinajstić information content (AvgIpc) is 3.02. The minimum absolute atomic E-state index is 0.611. The fourth-order valence-corrected chi connectivity index (χ4v) is 48.3. The standard InChI is InChI=1S/C32H80O12Si8/c1-17-33-45(9,34-18-2)25-29-49(13)41-50(14,30-26-46(10,35-19-3)36-20-4)43-52(16,32-28-48(12,39-23-7)40-24-8)44-51(15,42-49)31-27-47(11,37-21-5)38-22-6/h17-32H2,1-16H3. The predicted molar refractivity (Wildman–Crippen MR) is 229 cm³/mol. The third-order valence-corrected chi connectivity index (χ3v) is 41.7. The second-order valence-corrected chi connectivity index (χ2v) is 42.7. The lowest BCUT2D eigenvalue weighted by atomic mass is 10.9. The van der Waals surface area contributed by atoms with Crippen molar-refractivity contribution in [2.45, 2.75) is 156 Å². The van der Waals surface area contributed by atoms with Gasteiger partial charge in [-0.05, 0) is 156 Å². The quantitative estimate of drug-likeness (QED) is 0.0700. The van der Waals surface area contributed by atoms with Crippen molar-refractivity contribution in [2.24, 2.45) is 0 Å². The van der Waals surface area contributed by atoms with Crippen LogP contribution in [0.15, 0.2) is 0 Å². The molecule has 0 aromatic rings. The Hall–Kier alpha value is 1.26. The van der Waals surface area contributed by atoms with Gasteiger partial charge in [0.15, 0.2) is 0 Å². The SMILES string of the molecule is CCO[Si](C)(CC[Si]1(C)O[Si](C)(CC[Si](C)(OCC)OCC)O[Si](C)(CC[Si](C)(OCC)OCC)O[Si](C)(CC[Si](C)(OCC)OCC)O1)OCC. The third kappa shape index (κ3) is 17.8. The predicted octanol–water partition coefficient (Wildman–Crippen LogP) is 8.93. The van der Waals surface area contributed by atoms with Gasteiger partial charge in [0.25, 0.3) is 0 Å². The van der Waals surface area contributed by atoms with Crippen molar-refractivity contribution in [3.8, 4) is 0 Å². The molecule has 0 spiro atoms. The van der Waals surface area contributed by atoms with Gasteiger partial charge >= 0.3 is 68.5 Å². The highest BCUT2D eigenvalue weighted by molar-refractivity contribution is 6.95. The van der Waals surface area contributed by atoms with Crippen LogP contribution in [0.3, 0.4) is 0 Å². The van der Waals surface area contributed by atoms with Crippen molar-refractivity contribution in [1.29, 1.82) is 0 Å². The van der Waals surface area contributed by atoms with E-state index in [1.165, 1.54) is 0 Å². The maximum absolute atomic E-state index is 7.56. The Bertz CT molecular complexity index is 819. The molecule has 1 fully saturated rings. The zero-order valence-corrected chi connectivity index (χ0v) is 44.2. The van der Waals surface area contributed by atoms with Gasteiger partial charge in [0, 0.05) is 52.9 Å². The molecular weight excluding hydrogens is 801 g/mol. The molecular formula is C32H80O12Si8. The summed E-state index contributed by atoms with van der Waals surface area (Å²) in [4.78, 5) is 0. The van der Waals surface area contributed by atoms with Crippen molar-refractivity contribution in [3.63, 3.8) is 0 Å². The van der Waals surface area contributed by atoms with E-state index >= 15 is 0 Å². The van der Waals surface area contributed by atoms with Gasteiger partial charge in [-0.25, -0.2) is 0 Å². The van der Waals surface area contributed by atoms with Crippen LogP contribution in [0.25, 0.3) is 0 Å². The van der Waals surface area contributed by atoms with Crippen molar-refractivity contribution in [2.75, 3.05) is 52.9 Å². The maximum atomic E-state index is 7.56. The van der Waals surface area contributed by atoms with Crippen LogP contribution in [-0.4, -0.2) is 121 Å². The van der Waals surface area contributed by atoms with Gasteiger partial charge < -0.3 is 51.9 Å². The molecule has 1 heterocycles. The monoisotopic (exact) mass is 880 g/mol. The molecule has 12 nitrogen and oxygen atoms in total. The highest BCUT2D eigenvalue weighted by Gasteiger charge is 2.59. The van der Waals surface area contributed by atoms with Gasteiger partial charge in [-0.1, -0.05) is 0 Å². The van der Waals surface area contributed by atoms with Crippen LogP contribution in [0.2, 0.25) is 101 Å². The van der Waals surface area contributed by atoms with Crippen molar-refractivity contribution in [1.82, 2.24) is 0 Å². The molecule has 0 atom stereocenters. The molecule has 0 N–H and O–H groups in total. The van der Waals surface area contributed by atoms with E-state index in [0.717, 1.165) is 48.4 Å². The first-order valence-electron chi connectivity index (χ1n) is 20.1. The maximum Gasteiger partial charge on any atom is 0.334 e. The van der Waals surface area contributed by atoms with E-state index < -0.39 is 68.5 Å². The summed E-state index contributed by atoms with van der Waals surface area (Å²) in [5.74, 6) is 0. The van der Waals surface area contributed by atoms with Crippen molar-refractivity contribution < 1.29 is 51.9 Å². The molecule has 1 saturated heterocycles. The van der Waals surface area contributed by atoms with Gasteiger partial charge in [-0.3, -0.25) is 0 Å². The first-order chi connectivity index (χ1) is 24.1. The Morgan fingerprint density at radius 3 is 0.558 bits per heavy atom. The Morgan fingerprint density at radius 1 is 0.308 bits per heavy atom. The number of hydrogen-bond acceptors (Lipinski definition) is 12. The van der Waals surface area contributed by atoms with E-state index in [0.29, 0.717) is 52.9 Å². The molecule has 20 heteroatoms. The Balaban J connectivity index is 3.82. The van der Waals surface area contributed by atoms with Crippen LogP contribution in [0.4, 0.5) is 0 Å². The number of hydrogen-bond donors (Lipinski definition) is 0. The van der Waals surface area contributed by atoms with Crippen LogP contribution in [0, 0.1) is 0 Å². The summed E-state index contributed by atoms with van der Waals surface area (Å²) in [5, 5.41) is 0. The molecule has 0 aromatic carbocycles. The van der Waals surface area contributed by atoms with Crippen LogP contribution in [0.5, 0.6) is 0 Å². The van der Waals surface area contributed by atoms with Crippen molar-refractivity contribution in [3.05, 3.63) is 0 Å². The fourth-order valence-electron chi connectivity index (χ4n) is 7.32. The molecule has 0 bridgehead atoms. The van der Waals surface area contributed by atoms with Crippen molar-refractivity contribution >= 4 is 68.5 Å².